The van der Waals surface area contributed by atoms with Gasteiger partial charge in [0.05, 0.1) is 13.3 Å². The van der Waals surface area contributed by atoms with Gasteiger partial charge in [0, 0.05) is 18.5 Å². The van der Waals surface area contributed by atoms with Crippen LogP contribution in [0.4, 0.5) is 5.69 Å². The first-order valence-electron chi connectivity index (χ1n) is 10.1. The van der Waals surface area contributed by atoms with Crippen molar-refractivity contribution < 1.29 is 14.3 Å². The number of methoxy groups -OCH3 is 1. The van der Waals surface area contributed by atoms with Crippen LogP contribution >= 0.6 is 0 Å². The fourth-order valence-electron chi connectivity index (χ4n) is 3.02. The Morgan fingerprint density at radius 2 is 1.73 bits per heavy atom. The highest BCUT2D eigenvalue weighted by Gasteiger charge is 2.11. The van der Waals surface area contributed by atoms with Crippen molar-refractivity contribution in [1.29, 1.82) is 0 Å². The molecule has 0 aliphatic carbocycles. The fraction of sp³-hybridized carbons (Fsp3) is 0.375. The first kappa shape index (κ1) is 23.1. The molecule has 0 radical (unpaired) electrons. The van der Waals surface area contributed by atoms with E-state index in [1.165, 1.54) is 0 Å². The summed E-state index contributed by atoms with van der Waals surface area (Å²) in [5.41, 5.74) is 8.31. The molecule has 2 aromatic carbocycles. The average Bonchev–Trinajstić information content (AvgIpc) is 2.69. The van der Waals surface area contributed by atoms with E-state index >= 15 is 0 Å². The standard InChI is InChI=1S/C24H31N3O3/c1-15(2)20-13-19(18(5)12-22(20)30-6)14-25-27-24(29)10-9-23(28)26-21-11-16(3)7-8-17(21)4/h7-8,11-15H,9-10H2,1-6H3,(H,26,28)(H,27,29). The van der Waals surface area contributed by atoms with Crippen molar-refractivity contribution in [3.05, 3.63) is 58.1 Å². The van der Waals surface area contributed by atoms with E-state index in [0.717, 1.165) is 39.3 Å². The summed E-state index contributed by atoms with van der Waals surface area (Å²) in [6, 6.07) is 9.85. The maximum Gasteiger partial charge on any atom is 0.240 e. The molecule has 2 aromatic rings. The lowest BCUT2D eigenvalue weighted by Crippen LogP contribution is -2.21. The molecule has 0 saturated carbocycles. The van der Waals surface area contributed by atoms with E-state index in [1.54, 1.807) is 13.3 Å². The van der Waals surface area contributed by atoms with Crippen LogP contribution in [0.25, 0.3) is 0 Å². The van der Waals surface area contributed by atoms with Crippen molar-refractivity contribution in [2.24, 2.45) is 5.10 Å². The van der Waals surface area contributed by atoms with E-state index in [2.05, 4.69) is 29.7 Å². The van der Waals surface area contributed by atoms with Crippen molar-refractivity contribution in [3.8, 4) is 5.75 Å². The van der Waals surface area contributed by atoms with E-state index in [1.807, 2.05) is 51.1 Å². The Morgan fingerprint density at radius 3 is 2.40 bits per heavy atom. The van der Waals surface area contributed by atoms with Gasteiger partial charge in [0.2, 0.25) is 11.8 Å². The summed E-state index contributed by atoms with van der Waals surface area (Å²) in [4.78, 5) is 24.2. The molecule has 0 bridgehead atoms. The van der Waals surface area contributed by atoms with E-state index in [-0.39, 0.29) is 24.7 Å². The molecule has 2 N–H and O–H groups in total. The van der Waals surface area contributed by atoms with Gasteiger partial charge in [-0.1, -0.05) is 26.0 Å². The Hall–Kier alpha value is -3.15. The van der Waals surface area contributed by atoms with Crippen LogP contribution in [0.1, 0.15) is 60.4 Å². The number of hydrogen-bond donors (Lipinski definition) is 2. The van der Waals surface area contributed by atoms with Gasteiger partial charge in [-0.25, -0.2) is 5.43 Å². The summed E-state index contributed by atoms with van der Waals surface area (Å²) in [7, 11) is 1.66. The van der Waals surface area contributed by atoms with Crippen molar-refractivity contribution in [2.75, 3.05) is 12.4 Å². The lowest BCUT2D eigenvalue weighted by molar-refractivity contribution is -0.124. The van der Waals surface area contributed by atoms with E-state index in [0.29, 0.717) is 5.92 Å². The van der Waals surface area contributed by atoms with Crippen molar-refractivity contribution >= 4 is 23.7 Å². The normalized spacial score (nSPS) is 11.0. The first-order valence-corrected chi connectivity index (χ1v) is 10.1. The number of amides is 2. The highest BCUT2D eigenvalue weighted by atomic mass is 16.5. The van der Waals surface area contributed by atoms with Crippen LogP contribution in [0.5, 0.6) is 5.75 Å². The second kappa shape index (κ2) is 10.6. The Labute approximate surface area is 178 Å². The third-order valence-corrected chi connectivity index (χ3v) is 4.88. The van der Waals surface area contributed by atoms with Crippen molar-refractivity contribution in [3.63, 3.8) is 0 Å². The Balaban J connectivity index is 1.90. The fourth-order valence-corrected chi connectivity index (χ4v) is 3.02. The second-order valence-corrected chi connectivity index (χ2v) is 7.77. The maximum atomic E-state index is 12.1. The van der Waals surface area contributed by atoms with Gasteiger partial charge in [-0.2, -0.15) is 5.10 Å². The van der Waals surface area contributed by atoms with Gasteiger partial charge in [0.15, 0.2) is 0 Å². The monoisotopic (exact) mass is 409 g/mol. The predicted octanol–water partition coefficient (Wildman–Crippen LogP) is 4.61. The third kappa shape index (κ3) is 6.44. The van der Waals surface area contributed by atoms with Crippen LogP contribution in [0, 0.1) is 20.8 Å². The number of nitrogens with one attached hydrogen (secondary N) is 2. The van der Waals surface area contributed by atoms with Crippen LogP contribution in [0.15, 0.2) is 35.4 Å². The third-order valence-electron chi connectivity index (χ3n) is 4.88. The molecule has 0 unspecified atom stereocenters. The molecule has 6 heteroatoms. The molecule has 0 heterocycles. The number of anilines is 1. The molecule has 0 aliphatic rings. The molecule has 6 nitrogen and oxygen atoms in total. The molecule has 0 saturated heterocycles. The minimum atomic E-state index is -0.308. The Bertz CT molecular complexity index is 949. The summed E-state index contributed by atoms with van der Waals surface area (Å²) in [6.07, 6.45) is 1.77. The van der Waals surface area contributed by atoms with Crippen LogP contribution in [-0.2, 0) is 9.59 Å². The molecule has 0 aromatic heterocycles. The summed E-state index contributed by atoms with van der Waals surface area (Å²) < 4.78 is 5.44. The molecule has 2 rings (SSSR count). The van der Waals surface area contributed by atoms with E-state index < -0.39 is 0 Å². The number of hydrogen-bond acceptors (Lipinski definition) is 4. The van der Waals surface area contributed by atoms with Gasteiger partial charge in [-0.3, -0.25) is 9.59 Å². The van der Waals surface area contributed by atoms with Gasteiger partial charge in [0.1, 0.15) is 5.75 Å². The molecular formula is C24H31N3O3. The van der Waals surface area contributed by atoms with Gasteiger partial charge >= 0.3 is 0 Å². The number of hydrazone groups is 1. The Kier molecular flexibility index (Phi) is 8.16. The maximum absolute atomic E-state index is 12.1. The molecule has 0 aliphatic heterocycles. The average molecular weight is 410 g/mol. The predicted molar refractivity (Wildman–Crippen MR) is 121 cm³/mol. The number of carbonyl (C=O) groups excluding carboxylic acids is 2. The number of benzene rings is 2. The largest absolute Gasteiger partial charge is 0.496 e. The molecule has 160 valence electrons. The summed E-state index contributed by atoms with van der Waals surface area (Å²) in [5.74, 6) is 0.643. The van der Waals surface area contributed by atoms with Crippen LogP contribution in [0.2, 0.25) is 0 Å². The smallest absolute Gasteiger partial charge is 0.240 e. The van der Waals surface area contributed by atoms with Crippen LogP contribution < -0.4 is 15.5 Å². The molecule has 30 heavy (non-hydrogen) atoms. The van der Waals surface area contributed by atoms with E-state index in [4.69, 9.17) is 4.74 Å². The zero-order valence-electron chi connectivity index (χ0n) is 18.6. The SMILES string of the molecule is COc1cc(C)c(C=NNC(=O)CCC(=O)Nc2cc(C)ccc2C)cc1C(C)C. The van der Waals surface area contributed by atoms with Gasteiger partial charge in [-0.05, 0) is 72.7 Å². The highest BCUT2D eigenvalue weighted by Crippen LogP contribution is 2.29. The summed E-state index contributed by atoms with van der Waals surface area (Å²) in [5, 5.41) is 6.90. The minimum absolute atomic E-state index is 0.0624. The first-order chi connectivity index (χ1) is 14.2. The van der Waals surface area contributed by atoms with Gasteiger partial charge < -0.3 is 10.1 Å². The number of ether oxygens (including phenoxy) is 1. The zero-order chi connectivity index (χ0) is 22.3. The zero-order valence-corrected chi connectivity index (χ0v) is 18.6. The molecule has 2 amide bonds. The highest BCUT2D eigenvalue weighted by molar-refractivity contribution is 5.94. The van der Waals surface area contributed by atoms with E-state index in [9.17, 15) is 9.59 Å². The Morgan fingerprint density at radius 1 is 1.03 bits per heavy atom. The molecule has 0 spiro atoms. The van der Waals surface area contributed by atoms with Crippen LogP contribution in [0.3, 0.4) is 0 Å². The lowest BCUT2D eigenvalue weighted by Gasteiger charge is -2.14. The lowest BCUT2D eigenvalue weighted by atomic mass is 9.97. The van der Waals surface area contributed by atoms with Gasteiger partial charge in [0.25, 0.3) is 0 Å². The number of rotatable bonds is 8. The number of aryl methyl sites for hydroxylation is 3. The molecule has 0 fully saturated rings. The second-order valence-electron chi connectivity index (χ2n) is 7.77. The number of nitrogens with zero attached hydrogens (tertiary/aromatic N) is 1. The van der Waals surface area contributed by atoms with Crippen LogP contribution in [-0.4, -0.2) is 25.1 Å². The summed E-state index contributed by atoms with van der Waals surface area (Å²) >= 11 is 0. The molecule has 0 atom stereocenters. The number of carbonyl (C=O) groups is 2. The van der Waals surface area contributed by atoms with Gasteiger partial charge in [-0.15, -0.1) is 0 Å². The summed E-state index contributed by atoms with van der Waals surface area (Å²) in [6.45, 7) is 10.1. The minimum Gasteiger partial charge on any atom is -0.496 e. The quantitative estimate of drug-likeness (QED) is 0.493. The van der Waals surface area contributed by atoms with Crippen molar-refractivity contribution in [2.45, 2.75) is 53.4 Å². The molecular weight excluding hydrogens is 378 g/mol. The van der Waals surface area contributed by atoms with Crippen molar-refractivity contribution in [1.82, 2.24) is 5.43 Å². The topological polar surface area (TPSA) is 79.8 Å².